The SMILES string of the molecule is CCC(CC)N1CCN(C(=O)[C@H](NC(=O)c2ccc(OC)cc2)c2ccccc2)CC1. The molecule has 1 fully saturated rings. The molecule has 166 valence electrons. The lowest BCUT2D eigenvalue weighted by Crippen LogP contribution is -2.54. The Morgan fingerprint density at radius 1 is 0.935 bits per heavy atom. The van der Waals surface area contributed by atoms with Crippen molar-refractivity contribution in [2.24, 2.45) is 0 Å². The fourth-order valence-electron chi connectivity index (χ4n) is 4.19. The molecule has 2 aromatic carbocycles. The average Bonchev–Trinajstić information content (AvgIpc) is 2.84. The van der Waals surface area contributed by atoms with Crippen LogP contribution in [0.3, 0.4) is 0 Å². The number of hydrogen-bond donors (Lipinski definition) is 1. The Balaban J connectivity index is 1.73. The molecule has 31 heavy (non-hydrogen) atoms. The van der Waals surface area contributed by atoms with Crippen molar-refractivity contribution in [2.45, 2.75) is 38.8 Å². The molecular formula is C25H33N3O3. The second-order valence-corrected chi connectivity index (χ2v) is 7.88. The number of carbonyl (C=O) groups excluding carboxylic acids is 2. The van der Waals surface area contributed by atoms with Crippen molar-refractivity contribution in [1.29, 1.82) is 0 Å². The molecule has 6 nitrogen and oxygen atoms in total. The molecule has 1 aliphatic rings. The minimum absolute atomic E-state index is 0.0581. The van der Waals surface area contributed by atoms with Crippen LogP contribution in [0.25, 0.3) is 0 Å². The smallest absolute Gasteiger partial charge is 0.252 e. The molecule has 0 bridgehead atoms. The molecule has 1 heterocycles. The molecule has 0 spiro atoms. The van der Waals surface area contributed by atoms with E-state index in [1.807, 2.05) is 35.2 Å². The van der Waals surface area contributed by atoms with E-state index in [-0.39, 0.29) is 11.8 Å². The van der Waals surface area contributed by atoms with Gasteiger partial charge in [-0.05, 0) is 42.7 Å². The van der Waals surface area contributed by atoms with Gasteiger partial charge in [-0.1, -0.05) is 44.2 Å². The number of nitrogens with one attached hydrogen (secondary N) is 1. The predicted octanol–water partition coefficient (Wildman–Crippen LogP) is 3.50. The maximum atomic E-state index is 13.5. The van der Waals surface area contributed by atoms with Crippen LogP contribution in [-0.2, 0) is 4.79 Å². The van der Waals surface area contributed by atoms with E-state index in [4.69, 9.17) is 4.74 Å². The van der Waals surface area contributed by atoms with E-state index in [0.29, 0.717) is 30.4 Å². The van der Waals surface area contributed by atoms with Gasteiger partial charge < -0.3 is 15.0 Å². The molecule has 0 radical (unpaired) electrons. The third-order valence-corrected chi connectivity index (χ3v) is 6.09. The molecule has 0 aromatic heterocycles. The highest BCUT2D eigenvalue weighted by atomic mass is 16.5. The minimum atomic E-state index is -0.713. The summed E-state index contributed by atoms with van der Waals surface area (Å²) in [5.74, 6) is 0.348. The van der Waals surface area contributed by atoms with Crippen molar-refractivity contribution in [3.8, 4) is 5.75 Å². The van der Waals surface area contributed by atoms with Gasteiger partial charge in [0.15, 0.2) is 0 Å². The number of ether oxygens (including phenoxy) is 1. The van der Waals surface area contributed by atoms with Gasteiger partial charge in [0.05, 0.1) is 7.11 Å². The zero-order valence-electron chi connectivity index (χ0n) is 18.7. The van der Waals surface area contributed by atoms with Gasteiger partial charge in [-0.3, -0.25) is 14.5 Å². The molecule has 2 amide bonds. The Labute approximate surface area is 185 Å². The first-order chi connectivity index (χ1) is 15.1. The highest BCUT2D eigenvalue weighted by molar-refractivity contribution is 5.98. The lowest BCUT2D eigenvalue weighted by molar-refractivity contribution is -0.135. The highest BCUT2D eigenvalue weighted by Crippen LogP contribution is 2.20. The van der Waals surface area contributed by atoms with Crippen molar-refractivity contribution >= 4 is 11.8 Å². The number of hydrogen-bond acceptors (Lipinski definition) is 4. The molecule has 3 rings (SSSR count). The van der Waals surface area contributed by atoms with E-state index in [1.165, 1.54) is 0 Å². The van der Waals surface area contributed by atoms with Crippen LogP contribution in [0.1, 0.15) is 48.7 Å². The summed E-state index contributed by atoms with van der Waals surface area (Å²) in [6.07, 6.45) is 2.24. The first-order valence-electron chi connectivity index (χ1n) is 11.1. The standard InChI is InChI=1S/C25H33N3O3/c1-4-21(5-2)27-15-17-28(18-16-27)25(30)23(19-9-7-6-8-10-19)26-24(29)20-11-13-22(31-3)14-12-20/h6-14,21,23H,4-5,15-18H2,1-3H3,(H,26,29)/t23-/m1/s1. The van der Waals surface area contributed by atoms with E-state index < -0.39 is 6.04 Å². The van der Waals surface area contributed by atoms with Gasteiger partial charge in [-0.15, -0.1) is 0 Å². The molecular weight excluding hydrogens is 390 g/mol. The number of rotatable bonds is 8. The van der Waals surface area contributed by atoms with Crippen LogP contribution in [-0.4, -0.2) is 60.9 Å². The van der Waals surface area contributed by atoms with Crippen LogP contribution in [0.15, 0.2) is 54.6 Å². The molecule has 0 aliphatic carbocycles. The molecule has 0 unspecified atom stereocenters. The van der Waals surface area contributed by atoms with E-state index in [1.54, 1.807) is 31.4 Å². The first-order valence-corrected chi connectivity index (χ1v) is 11.1. The number of piperazine rings is 1. The Hall–Kier alpha value is -2.86. The van der Waals surface area contributed by atoms with Crippen LogP contribution in [0.5, 0.6) is 5.75 Å². The zero-order chi connectivity index (χ0) is 22.2. The van der Waals surface area contributed by atoms with Crippen molar-refractivity contribution < 1.29 is 14.3 Å². The van der Waals surface area contributed by atoms with Gasteiger partial charge in [0.25, 0.3) is 5.91 Å². The second-order valence-electron chi connectivity index (χ2n) is 7.88. The normalized spacial score (nSPS) is 15.5. The molecule has 0 saturated carbocycles. The Morgan fingerprint density at radius 2 is 1.55 bits per heavy atom. The number of benzene rings is 2. The van der Waals surface area contributed by atoms with Crippen LogP contribution in [0, 0.1) is 0 Å². The summed E-state index contributed by atoms with van der Waals surface area (Å²) < 4.78 is 5.16. The molecule has 2 aromatic rings. The topological polar surface area (TPSA) is 61.9 Å². The third-order valence-electron chi connectivity index (χ3n) is 6.09. The van der Waals surface area contributed by atoms with E-state index >= 15 is 0 Å². The Morgan fingerprint density at radius 3 is 2.10 bits per heavy atom. The zero-order valence-corrected chi connectivity index (χ0v) is 18.7. The van der Waals surface area contributed by atoms with Gasteiger partial charge in [-0.25, -0.2) is 0 Å². The summed E-state index contributed by atoms with van der Waals surface area (Å²) >= 11 is 0. The van der Waals surface area contributed by atoms with Crippen molar-refractivity contribution in [1.82, 2.24) is 15.1 Å². The number of amides is 2. The van der Waals surface area contributed by atoms with E-state index in [9.17, 15) is 9.59 Å². The average molecular weight is 424 g/mol. The molecule has 1 saturated heterocycles. The molecule has 1 N–H and O–H groups in total. The number of nitrogens with zero attached hydrogens (tertiary/aromatic N) is 2. The third kappa shape index (κ3) is 5.64. The maximum absolute atomic E-state index is 13.5. The van der Waals surface area contributed by atoms with Crippen LogP contribution in [0.4, 0.5) is 0 Å². The predicted molar refractivity (Wildman–Crippen MR) is 122 cm³/mol. The summed E-state index contributed by atoms with van der Waals surface area (Å²) in [5.41, 5.74) is 1.28. The maximum Gasteiger partial charge on any atom is 0.252 e. The Bertz CT molecular complexity index is 842. The van der Waals surface area contributed by atoms with Crippen LogP contribution in [0.2, 0.25) is 0 Å². The monoisotopic (exact) mass is 423 g/mol. The lowest BCUT2D eigenvalue weighted by Gasteiger charge is -2.40. The number of carbonyl (C=O) groups is 2. The quantitative estimate of drug-likeness (QED) is 0.706. The summed E-state index contributed by atoms with van der Waals surface area (Å²) in [7, 11) is 1.59. The van der Waals surface area contributed by atoms with Crippen LogP contribution >= 0.6 is 0 Å². The van der Waals surface area contributed by atoms with Gasteiger partial charge in [-0.2, -0.15) is 0 Å². The van der Waals surface area contributed by atoms with E-state index in [2.05, 4.69) is 24.1 Å². The summed E-state index contributed by atoms with van der Waals surface area (Å²) in [5, 5.41) is 2.96. The Kier molecular flexibility index (Phi) is 8.06. The van der Waals surface area contributed by atoms with Gasteiger partial charge in [0.1, 0.15) is 11.8 Å². The molecule has 1 atom stereocenters. The van der Waals surface area contributed by atoms with Crippen LogP contribution < -0.4 is 10.1 Å². The fourth-order valence-corrected chi connectivity index (χ4v) is 4.19. The first kappa shape index (κ1) is 22.8. The van der Waals surface area contributed by atoms with E-state index in [0.717, 1.165) is 31.5 Å². The minimum Gasteiger partial charge on any atom is -0.497 e. The molecule has 6 heteroatoms. The van der Waals surface area contributed by atoms with Gasteiger partial charge in [0.2, 0.25) is 5.91 Å². The highest BCUT2D eigenvalue weighted by Gasteiger charge is 2.31. The van der Waals surface area contributed by atoms with Gasteiger partial charge in [0, 0.05) is 37.8 Å². The fraction of sp³-hybridized carbons (Fsp3) is 0.440. The lowest BCUT2D eigenvalue weighted by atomic mass is 10.0. The van der Waals surface area contributed by atoms with Gasteiger partial charge >= 0.3 is 0 Å². The number of methoxy groups -OCH3 is 1. The largest absolute Gasteiger partial charge is 0.497 e. The van der Waals surface area contributed by atoms with Crippen molar-refractivity contribution in [3.05, 3.63) is 65.7 Å². The molecule has 1 aliphatic heterocycles. The summed E-state index contributed by atoms with van der Waals surface area (Å²) in [4.78, 5) is 30.7. The van der Waals surface area contributed by atoms with Crippen molar-refractivity contribution in [2.75, 3.05) is 33.3 Å². The van der Waals surface area contributed by atoms with Crippen molar-refractivity contribution in [3.63, 3.8) is 0 Å². The summed E-state index contributed by atoms with van der Waals surface area (Å²) in [6, 6.07) is 16.2. The summed E-state index contributed by atoms with van der Waals surface area (Å²) in [6.45, 7) is 7.52. The second kappa shape index (κ2) is 11.0.